The molecule has 0 amide bonds. The second-order valence-corrected chi connectivity index (χ2v) is 6.62. The van der Waals surface area contributed by atoms with Gasteiger partial charge in [-0.1, -0.05) is 18.2 Å². The SMILES string of the molecule is CC/C(C)=C\Oc1cc(-c2nnn(/C(C=CCC=N)=C(/C)F)c2C)cc(F)c1C=O. The molecule has 0 atom stereocenters. The molecule has 0 bridgehead atoms. The van der Waals surface area contributed by atoms with Gasteiger partial charge in [-0.05, 0) is 57.2 Å². The lowest BCUT2D eigenvalue weighted by molar-refractivity contribution is 0.111. The molecule has 2 rings (SSSR count). The second-order valence-electron chi connectivity index (χ2n) is 6.62. The molecule has 0 spiro atoms. The van der Waals surface area contributed by atoms with E-state index in [9.17, 15) is 13.6 Å². The van der Waals surface area contributed by atoms with E-state index in [1.165, 1.54) is 42.3 Å². The molecule has 1 N–H and O–H groups in total. The summed E-state index contributed by atoms with van der Waals surface area (Å²) in [5, 5.41) is 15.1. The second kappa shape index (κ2) is 10.4. The monoisotopic (exact) mass is 414 g/mol. The number of allylic oxidation sites excluding steroid dienone is 5. The Balaban J connectivity index is 2.55. The summed E-state index contributed by atoms with van der Waals surface area (Å²) < 4.78 is 35.4. The number of rotatable bonds is 9. The molecular formula is C22H24F2N4O2. The van der Waals surface area contributed by atoms with Gasteiger partial charge in [-0.3, -0.25) is 4.79 Å². The van der Waals surface area contributed by atoms with Gasteiger partial charge in [0.25, 0.3) is 0 Å². The van der Waals surface area contributed by atoms with Gasteiger partial charge in [0.05, 0.1) is 23.2 Å². The quantitative estimate of drug-likeness (QED) is 0.249. The fourth-order valence-corrected chi connectivity index (χ4v) is 2.59. The summed E-state index contributed by atoms with van der Waals surface area (Å²) in [5.74, 6) is -1.18. The van der Waals surface area contributed by atoms with Crippen molar-refractivity contribution in [2.24, 2.45) is 0 Å². The number of aldehydes is 1. The summed E-state index contributed by atoms with van der Waals surface area (Å²) in [6.07, 6.45) is 7.28. The number of aromatic nitrogens is 3. The van der Waals surface area contributed by atoms with Crippen LogP contribution >= 0.6 is 0 Å². The van der Waals surface area contributed by atoms with Crippen LogP contribution in [0, 0.1) is 18.2 Å². The number of hydrogen-bond acceptors (Lipinski definition) is 5. The largest absolute Gasteiger partial charge is 0.464 e. The van der Waals surface area contributed by atoms with Gasteiger partial charge in [-0.2, -0.15) is 0 Å². The Labute approximate surface area is 174 Å². The Morgan fingerprint density at radius 3 is 2.67 bits per heavy atom. The van der Waals surface area contributed by atoms with E-state index in [0.29, 0.717) is 29.7 Å². The molecule has 1 aromatic carbocycles. The number of carbonyl (C=O) groups is 1. The van der Waals surface area contributed by atoms with Gasteiger partial charge in [0.2, 0.25) is 0 Å². The van der Waals surface area contributed by atoms with Crippen LogP contribution in [0.1, 0.15) is 49.7 Å². The molecule has 0 aliphatic rings. The molecule has 30 heavy (non-hydrogen) atoms. The summed E-state index contributed by atoms with van der Waals surface area (Å²) in [6, 6.07) is 2.68. The normalized spacial score (nSPS) is 12.8. The lowest BCUT2D eigenvalue weighted by Crippen LogP contribution is -2.02. The highest BCUT2D eigenvalue weighted by Crippen LogP contribution is 2.31. The van der Waals surface area contributed by atoms with Crippen molar-refractivity contribution in [3.05, 3.63) is 59.0 Å². The first kappa shape index (κ1) is 22.9. The van der Waals surface area contributed by atoms with E-state index in [2.05, 4.69) is 10.3 Å². The maximum absolute atomic E-state index is 14.5. The van der Waals surface area contributed by atoms with Crippen molar-refractivity contribution in [1.29, 1.82) is 5.41 Å². The lowest BCUT2D eigenvalue weighted by Gasteiger charge is -2.09. The lowest BCUT2D eigenvalue weighted by atomic mass is 10.1. The van der Waals surface area contributed by atoms with Crippen molar-refractivity contribution in [3.63, 3.8) is 0 Å². The Bertz CT molecular complexity index is 1030. The van der Waals surface area contributed by atoms with Crippen molar-refractivity contribution < 1.29 is 18.3 Å². The first-order valence-corrected chi connectivity index (χ1v) is 9.39. The average Bonchev–Trinajstić information content (AvgIpc) is 3.09. The highest BCUT2D eigenvalue weighted by Gasteiger charge is 2.19. The van der Waals surface area contributed by atoms with Crippen molar-refractivity contribution in [1.82, 2.24) is 15.0 Å². The number of benzene rings is 1. The molecule has 0 unspecified atom stereocenters. The Morgan fingerprint density at radius 2 is 2.07 bits per heavy atom. The Hall–Kier alpha value is -3.42. The fraction of sp³-hybridized carbons (Fsp3) is 0.273. The van der Waals surface area contributed by atoms with Crippen LogP contribution < -0.4 is 4.74 Å². The topological polar surface area (TPSA) is 80.9 Å². The summed E-state index contributed by atoms with van der Waals surface area (Å²) in [4.78, 5) is 11.3. The third kappa shape index (κ3) is 5.14. The number of nitrogens with one attached hydrogen (secondary N) is 1. The van der Waals surface area contributed by atoms with Crippen LogP contribution in [0.3, 0.4) is 0 Å². The van der Waals surface area contributed by atoms with Crippen LogP contribution in [-0.2, 0) is 0 Å². The minimum Gasteiger partial charge on any atom is -0.464 e. The zero-order valence-electron chi connectivity index (χ0n) is 17.4. The average molecular weight is 414 g/mol. The third-order valence-electron chi connectivity index (χ3n) is 4.43. The molecule has 0 aliphatic carbocycles. The number of nitrogens with zero attached hydrogens (tertiary/aromatic N) is 3. The highest BCUT2D eigenvalue weighted by molar-refractivity contribution is 5.82. The predicted molar refractivity (Wildman–Crippen MR) is 113 cm³/mol. The summed E-state index contributed by atoms with van der Waals surface area (Å²) >= 11 is 0. The maximum Gasteiger partial charge on any atom is 0.156 e. The van der Waals surface area contributed by atoms with Crippen molar-refractivity contribution >= 4 is 18.2 Å². The molecule has 2 aromatic rings. The molecule has 0 saturated heterocycles. The van der Waals surface area contributed by atoms with Crippen LogP contribution in [0.15, 0.2) is 41.9 Å². The van der Waals surface area contributed by atoms with Crippen LogP contribution in [0.4, 0.5) is 8.78 Å². The fourth-order valence-electron chi connectivity index (χ4n) is 2.59. The third-order valence-corrected chi connectivity index (χ3v) is 4.43. The highest BCUT2D eigenvalue weighted by atomic mass is 19.1. The molecule has 0 aliphatic heterocycles. The minimum absolute atomic E-state index is 0.0602. The summed E-state index contributed by atoms with van der Waals surface area (Å²) in [6.45, 7) is 6.77. The smallest absolute Gasteiger partial charge is 0.156 e. The predicted octanol–water partition coefficient (Wildman–Crippen LogP) is 5.65. The van der Waals surface area contributed by atoms with Crippen LogP contribution in [0.25, 0.3) is 17.0 Å². The van der Waals surface area contributed by atoms with Crippen LogP contribution in [-0.4, -0.2) is 27.5 Å². The van der Waals surface area contributed by atoms with Gasteiger partial charge >= 0.3 is 0 Å². The Morgan fingerprint density at radius 1 is 1.33 bits per heavy atom. The molecule has 0 radical (unpaired) electrons. The van der Waals surface area contributed by atoms with E-state index in [0.717, 1.165) is 12.0 Å². The number of halogens is 2. The van der Waals surface area contributed by atoms with Crippen LogP contribution in [0.5, 0.6) is 5.75 Å². The van der Waals surface area contributed by atoms with Crippen molar-refractivity contribution in [3.8, 4) is 17.0 Å². The molecule has 158 valence electrons. The van der Waals surface area contributed by atoms with E-state index in [1.54, 1.807) is 13.0 Å². The molecule has 6 nitrogen and oxygen atoms in total. The Kier molecular flexibility index (Phi) is 7.91. The van der Waals surface area contributed by atoms with Crippen LogP contribution in [0.2, 0.25) is 0 Å². The van der Waals surface area contributed by atoms with Gasteiger partial charge < -0.3 is 10.1 Å². The first-order chi connectivity index (χ1) is 14.3. The molecule has 1 heterocycles. The first-order valence-electron chi connectivity index (χ1n) is 9.39. The van der Waals surface area contributed by atoms with Gasteiger partial charge in [0.1, 0.15) is 23.1 Å². The van der Waals surface area contributed by atoms with E-state index < -0.39 is 11.6 Å². The molecule has 8 heteroatoms. The van der Waals surface area contributed by atoms with Crippen molar-refractivity contribution in [2.45, 2.75) is 40.5 Å². The maximum atomic E-state index is 14.5. The summed E-state index contributed by atoms with van der Waals surface area (Å²) in [5.41, 5.74) is 2.04. The zero-order chi connectivity index (χ0) is 22.3. The standard InChI is InChI=1S/C22H24F2N4O2/c1-5-14(2)13-30-21-11-17(10-19(24)18(21)12-29)22-16(4)28(27-26-22)20(15(3)23)8-6-7-9-25/h6,8-13,25H,5,7H2,1-4H3/b8-6?,14-13-,20-15-,25-9?. The number of ether oxygens (including phenoxy) is 1. The van der Waals surface area contributed by atoms with Gasteiger partial charge in [0, 0.05) is 12.0 Å². The van der Waals surface area contributed by atoms with E-state index in [1.807, 2.05) is 13.8 Å². The van der Waals surface area contributed by atoms with Gasteiger partial charge in [-0.25, -0.2) is 13.5 Å². The molecule has 0 saturated carbocycles. The van der Waals surface area contributed by atoms with Crippen molar-refractivity contribution in [2.75, 3.05) is 0 Å². The molecular weight excluding hydrogens is 390 g/mol. The molecule has 1 aromatic heterocycles. The van der Waals surface area contributed by atoms with E-state index in [4.69, 9.17) is 10.1 Å². The zero-order valence-corrected chi connectivity index (χ0v) is 17.4. The number of carbonyl (C=O) groups excluding carboxylic acids is 1. The number of hydrogen-bond donors (Lipinski definition) is 1. The molecule has 0 fully saturated rings. The van der Waals surface area contributed by atoms with E-state index in [-0.39, 0.29) is 17.0 Å². The van der Waals surface area contributed by atoms with E-state index >= 15 is 0 Å². The van der Waals surface area contributed by atoms with Gasteiger partial charge in [-0.15, -0.1) is 5.10 Å². The summed E-state index contributed by atoms with van der Waals surface area (Å²) in [7, 11) is 0. The van der Waals surface area contributed by atoms with Gasteiger partial charge in [0.15, 0.2) is 6.29 Å². The minimum atomic E-state index is -0.752.